The molecular weight excluding hydrogens is 398 g/mol. The van der Waals surface area contributed by atoms with Gasteiger partial charge in [0.1, 0.15) is 11.5 Å². The van der Waals surface area contributed by atoms with E-state index in [1.54, 1.807) is 0 Å². The number of nitrogens with two attached hydrogens (primary N) is 1. The molecule has 0 amide bonds. The molecule has 11 atom stereocenters. The molecule has 7 heteroatoms. The first-order valence-corrected chi connectivity index (χ1v) is 11.8. The average Bonchev–Trinajstić information content (AvgIpc) is 2.82. The fourth-order valence-corrected chi connectivity index (χ4v) is 9.30. The van der Waals surface area contributed by atoms with Crippen LogP contribution < -0.4 is 5.73 Å². The number of hydrogen-bond donors (Lipinski definition) is 3. The molecular formula is C24H35NO6. The van der Waals surface area contributed by atoms with E-state index in [2.05, 4.69) is 20.4 Å². The summed E-state index contributed by atoms with van der Waals surface area (Å²) in [6, 6.07) is -0.447. The van der Waals surface area contributed by atoms with Crippen LogP contribution in [0.4, 0.5) is 0 Å². The number of ketones is 1. The van der Waals surface area contributed by atoms with Crippen LogP contribution in [0.2, 0.25) is 0 Å². The Balaban J connectivity index is 1.68. The van der Waals surface area contributed by atoms with Crippen molar-refractivity contribution in [2.75, 3.05) is 6.61 Å². The second kappa shape index (κ2) is 5.62. The van der Waals surface area contributed by atoms with Gasteiger partial charge in [-0.3, -0.25) is 4.79 Å². The van der Waals surface area contributed by atoms with Gasteiger partial charge in [-0.2, -0.15) is 0 Å². The van der Waals surface area contributed by atoms with Crippen molar-refractivity contribution in [3.05, 3.63) is 12.2 Å². The SMILES string of the molecule is C=C1C(=O)[C@@]23[C@@H]4OC(C)(C)OC25OC[C@]2([C@H](O)[C@@H](N)C[C@@](C)(CC)[C@H]2[C@@H]5O)[C@@H]3CC[C@@H]14. The van der Waals surface area contributed by atoms with Gasteiger partial charge in [0.15, 0.2) is 11.6 Å². The summed E-state index contributed by atoms with van der Waals surface area (Å²) in [5, 5.41) is 23.8. The molecule has 3 aliphatic heterocycles. The molecule has 0 aromatic heterocycles. The van der Waals surface area contributed by atoms with Crippen LogP contribution in [0, 0.1) is 34.0 Å². The van der Waals surface area contributed by atoms with E-state index in [9.17, 15) is 15.0 Å². The first kappa shape index (κ1) is 20.8. The topological polar surface area (TPSA) is 111 Å². The number of aliphatic hydroxyl groups excluding tert-OH is 2. The van der Waals surface area contributed by atoms with Gasteiger partial charge in [-0.25, -0.2) is 0 Å². The monoisotopic (exact) mass is 433 g/mol. The van der Waals surface area contributed by atoms with Gasteiger partial charge < -0.3 is 30.2 Å². The second-order valence-corrected chi connectivity index (χ2v) is 11.8. The van der Waals surface area contributed by atoms with Crippen LogP contribution in [-0.2, 0) is 19.0 Å². The molecule has 3 spiro atoms. The number of carbonyl (C=O) groups excluding carboxylic acids is 1. The molecule has 3 saturated heterocycles. The smallest absolute Gasteiger partial charge is 0.213 e. The van der Waals surface area contributed by atoms with E-state index >= 15 is 0 Å². The van der Waals surface area contributed by atoms with Crippen molar-refractivity contribution in [2.45, 2.75) is 89.3 Å². The third-order valence-corrected chi connectivity index (χ3v) is 10.3. The number of aliphatic hydroxyl groups is 2. The van der Waals surface area contributed by atoms with Gasteiger partial charge in [0, 0.05) is 23.3 Å². The predicted octanol–water partition coefficient (Wildman–Crippen LogP) is 1.50. The number of hydrogen-bond acceptors (Lipinski definition) is 7. The number of Topliss-reactive ketones (excluding diaryl/α,β-unsaturated/α-hetero) is 1. The molecule has 4 aliphatic carbocycles. The van der Waals surface area contributed by atoms with Crippen molar-refractivity contribution in [2.24, 2.45) is 39.7 Å². The fraction of sp³-hybridized carbons (Fsp3) is 0.875. The minimum absolute atomic E-state index is 0.123. The van der Waals surface area contributed by atoms with Crippen LogP contribution >= 0.6 is 0 Å². The Kier molecular flexibility index (Phi) is 3.76. The summed E-state index contributed by atoms with van der Waals surface area (Å²) < 4.78 is 19.4. The van der Waals surface area contributed by atoms with Crippen LogP contribution in [0.25, 0.3) is 0 Å². The number of fused-ring (bicyclic) bond motifs is 1. The molecule has 0 aromatic carbocycles. The maximum absolute atomic E-state index is 14.0. The summed E-state index contributed by atoms with van der Waals surface area (Å²) in [6.45, 7) is 12.3. The zero-order chi connectivity index (χ0) is 22.4. The third kappa shape index (κ3) is 1.87. The van der Waals surface area contributed by atoms with E-state index in [1.807, 2.05) is 13.8 Å². The van der Waals surface area contributed by atoms with Crippen molar-refractivity contribution in [1.82, 2.24) is 0 Å². The van der Waals surface area contributed by atoms with Gasteiger partial charge >= 0.3 is 0 Å². The Bertz CT molecular complexity index is 889. The lowest BCUT2D eigenvalue weighted by atomic mass is 9.34. The van der Waals surface area contributed by atoms with Crippen molar-refractivity contribution in [3.63, 3.8) is 0 Å². The van der Waals surface area contributed by atoms with Crippen molar-refractivity contribution in [1.29, 1.82) is 0 Å². The van der Waals surface area contributed by atoms with Crippen LogP contribution in [0.1, 0.15) is 53.4 Å². The highest BCUT2D eigenvalue weighted by molar-refractivity contribution is 6.05. The average molecular weight is 434 g/mol. The molecule has 3 heterocycles. The maximum Gasteiger partial charge on any atom is 0.213 e. The Morgan fingerprint density at radius 1 is 1.19 bits per heavy atom. The second-order valence-electron chi connectivity index (χ2n) is 11.8. The summed E-state index contributed by atoms with van der Waals surface area (Å²) in [5.41, 5.74) is 4.73. The lowest BCUT2D eigenvalue weighted by molar-refractivity contribution is -0.535. The highest BCUT2D eigenvalue weighted by atomic mass is 16.8. The molecule has 172 valence electrons. The normalized spacial score (nSPS) is 61.2. The van der Waals surface area contributed by atoms with Crippen LogP contribution in [0.3, 0.4) is 0 Å². The van der Waals surface area contributed by atoms with Gasteiger partial charge in [0.05, 0.1) is 18.8 Å². The number of carbonyl (C=O) groups is 1. The highest BCUT2D eigenvalue weighted by Crippen LogP contribution is 2.79. The predicted molar refractivity (Wildman–Crippen MR) is 110 cm³/mol. The van der Waals surface area contributed by atoms with Crippen LogP contribution in [0.5, 0.6) is 0 Å². The summed E-state index contributed by atoms with van der Waals surface area (Å²) in [6.07, 6.45) is 0.471. The van der Waals surface area contributed by atoms with E-state index in [0.29, 0.717) is 12.0 Å². The Morgan fingerprint density at radius 3 is 2.58 bits per heavy atom. The standard InChI is InChI=1S/C24H35NO6/c1-6-21(5)9-13(25)17(27)22-10-29-24(18(28)15(21)22)23-14(22)8-7-12(11(2)16(23)26)19(23)30-20(3,4)31-24/h12-15,17-19,27-28H,2,6-10,25H2,1,3-5H3/t12-,13-,14-,15+,17+,18-,19+,21+,22-,23-,24?/m0/s1. The van der Waals surface area contributed by atoms with Gasteiger partial charge in [-0.05, 0) is 50.0 Å². The van der Waals surface area contributed by atoms with E-state index in [0.717, 1.165) is 19.3 Å². The minimum Gasteiger partial charge on any atom is -0.391 e. The molecule has 1 unspecified atom stereocenters. The Morgan fingerprint density at radius 2 is 1.90 bits per heavy atom. The van der Waals surface area contributed by atoms with Gasteiger partial charge in [0.2, 0.25) is 5.79 Å². The van der Waals surface area contributed by atoms with E-state index < -0.39 is 46.8 Å². The lowest BCUT2D eigenvalue weighted by Gasteiger charge is -2.78. The zero-order valence-corrected chi connectivity index (χ0v) is 18.9. The highest BCUT2D eigenvalue weighted by Gasteiger charge is 2.90. The van der Waals surface area contributed by atoms with Crippen molar-refractivity contribution >= 4 is 5.78 Å². The molecule has 7 fully saturated rings. The Hall–Kier alpha value is -0.830. The van der Waals surface area contributed by atoms with Crippen molar-refractivity contribution in [3.8, 4) is 0 Å². The molecule has 0 radical (unpaired) electrons. The molecule has 0 aromatic rings. The molecule has 7 rings (SSSR count). The Labute approximate surface area is 183 Å². The van der Waals surface area contributed by atoms with Crippen LogP contribution in [0.15, 0.2) is 12.2 Å². The largest absolute Gasteiger partial charge is 0.391 e. The van der Waals surface area contributed by atoms with Gasteiger partial charge in [0.25, 0.3) is 0 Å². The molecule has 7 aliphatic rings. The molecule has 7 nitrogen and oxygen atoms in total. The van der Waals surface area contributed by atoms with Gasteiger partial charge in [-0.1, -0.05) is 26.8 Å². The molecule has 4 saturated carbocycles. The van der Waals surface area contributed by atoms with E-state index in [4.69, 9.17) is 19.9 Å². The summed E-state index contributed by atoms with van der Waals surface area (Å²) in [5.74, 6) is -3.33. The molecule has 31 heavy (non-hydrogen) atoms. The van der Waals surface area contributed by atoms with E-state index in [-0.39, 0.29) is 35.6 Å². The number of ether oxygens (including phenoxy) is 3. The maximum atomic E-state index is 14.0. The zero-order valence-electron chi connectivity index (χ0n) is 18.9. The summed E-state index contributed by atoms with van der Waals surface area (Å²) in [4.78, 5) is 14.0. The summed E-state index contributed by atoms with van der Waals surface area (Å²) >= 11 is 0. The molecule has 4 bridgehead atoms. The minimum atomic E-state index is -1.51. The molecule has 4 N–H and O–H groups in total. The van der Waals surface area contributed by atoms with Crippen LogP contribution in [-0.4, -0.2) is 58.5 Å². The van der Waals surface area contributed by atoms with E-state index in [1.165, 1.54) is 0 Å². The third-order valence-electron chi connectivity index (χ3n) is 10.3. The lowest BCUT2D eigenvalue weighted by Crippen LogP contribution is -2.89. The first-order valence-electron chi connectivity index (χ1n) is 11.8. The fourth-order valence-electron chi connectivity index (χ4n) is 9.30. The van der Waals surface area contributed by atoms with Crippen molar-refractivity contribution < 1.29 is 29.2 Å². The number of rotatable bonds is 1. The first-order chi connectivity index (χ1) is 14.4. The summed E-state index contributed by atoms with van der Waals surface area (Å²) in [7, 11) is 0. The van der Waals surface area contributed by atoms with Gasteiger partial charge in [-0.15, -0.1) is 0 Å². The quantitative estimate of drug-likeness (QED) is 0.538.